The van der Waals surface area contributed by atoms with Crippen molar-refractivity contribution in [3.63, 3.8) is 0 Å². The van der Waals surface area contributed by atoms with Gasteiger partial charge in [0.1, 0.15) is 11.5 Å². The van der Waals surface area contributed by atoms with Gasteiger partial charge in [-0.05, 0) is 36.6 Å². The van der Waals surface area contributed by atoms with Crippen LogP contribution in [0.5, 0.6) is 0 Å². The molecule has 4 rings (SSSR count). The SMILES string of the molecule is Cn1nc(-c2ccccc2)cc1C(=O)N1CCCC[C@H](c2ccc(F)cc2)C1. The van der Waals surface area contributed by atoms with Gasteiger partial charge >= 0.3 is 0 Å². The number of hydrogen-bond donors (Lipinski definition) is 0. The van der Waals surface area contributed by atoms with Gasteiger partial charge < -0.3 is 4.90 Å². The third-order valence-corrected chi connectivity index (χ3v) is 5.47. The van der Waals surface area contributed by atoms with Crippen LogP contribution < -0.4 is 0 Å². The Kier molecular flexibility index (Phi) is 5.24. The fourth-order valence-corrected chi connectivity index (χ4v) is 3.91. The Morgan fingerprint density at radius 2 is 1.82 bits per heavy atom. The van der Waals surface area contributed by atoms with Crippen molar-refractivity contribution in [1.82, 2.24) is 14.7 Å². The lowest BCUT2D eigenvalue weighted by molar-refractivity contribution is 0.0743. The molecule has 144 valence electrons. The highest BCUT2D eigenvalue weighted by atomic mass is 19.1. The van der Waals surface area contributed by atoms with Gasteiger partial charge in [-0.1, -0.05) is 48.9 Å². The third-order valence-electron chi connectivity index (χ3n) is 5.47. The lowest BCUT2D eigenvalue weighted by Crippen LogP contribution is -2.35. The number of likely N-dealkylation sites (tertiary alicyclic amines) is 1. The van der Waals surface area contributed by atoms with Gasteiger partial charge in [0.2, 0.25) is 0 Å². The summed E-state index contributed by atoms with van der Waals surface area (Å²) in [6, 6.07) is 18.4. The average molecular weight is 377 g/mol. The second-order valence-corrected chi connectivity index (χ2v) is 7.40. The zero-order chi connectivity index (χ0) is 19.5. The van der Waals surface area contributed by atoms with Crippen LogP contribution in [-0.2, 0) is 7.05 Å². The first-order chi connectivity index (χ1) is 13.6. The molecule has 3 aromatic rings. The first kappa shape index (κ1) is 18.4. The van der Waals surface area contributed by atoms with E-state index in [9.17, 15) is 9.18 Å². The van der Waals surface area contributed by atoms with Gasteiger partial charge in [-0.2, -0.15) is 5.10 Å². The van der Waals surface area contributed by atoms with Crippen LogP contribution in [0.1, 0.15) is 41.2 Å². The van der Waals surface area contributed by atoms with Crippen LogP contribution >= 0.6 is 0 Å². The van der Waals surface area contributed by atoms with E-state index in [1.54, 1.807) is 4.68 Å². The van der Waals surface area contributed by atoms with Crippen molar-refractivity contribution < 1.29 is 9.18 Å². The smallest absolute Gasteiger partial charge is 0.272 e. The Morgan fingerprint density at radius 3 is 2.57 bits per heavy atom. The largest absolute Gasteiger partial charge is 0.337 e. The normalized spacial score (nSPS) is 17.4. The summed E-state index contributed by atoms with van der Waals surface area (Å²) in [7, 11) is 1.81. The summed E-state index contributed by atoms with van der Waals surface area (Å²) in [5.74, 6) is 0.00805. The zero-order valence-electron chi connectivity index (χ0n) is 16.0. The lowest BCUT2D eigenvalue weighted by atomic mass is 9.94. The number of halogens is 1. The summed E-state index contributed by atoms with van der Waals surface area (Å²) in [6.45, 7) is 1.39. The van der Waals surface area contributed by atoms with Gasteiger partial charge in [0, 0.05) is 31.6 Å². The Hall–Kier alpha value is -2.95. The molecule has 2 aromatic carbocycles. The van der Waals surface area contributed by atoms with Crippen LogP contribution in [0.4, 0.5) is 4.39 Å². The van der Waals surface area contributed by atoms with Crippen molar-refractivity contribution in [2.24, 2.45) is 7.05 Å². The maximum Gasteiger partial charge on any atom is 0.272 e. The Labute approximate surface area is 164 Å². The zero-order valence-corrected chi connectivity index (χ0v) is 16.0. The van der Waals surface area contributed by atoms with Gasteiger partial charge in [-0.25, -0.2) is 4.39 Å². The summed E-state index contributed by atoms with van der Waals surface area (Å²) in [6.07, 6.45) is 3.05. The molecule has 1 fully saturated rings. The van der Waals surface area contributed by atoms with Crippen molar-refractivity contribution in [2.45, 2.75) is 25.2 Å². The quantitative estimate of drug-likeness (QED) is 0.667. The second kappa shape index (κ2) is 7.97. The molecule has 0 spiro atoms. The Balaban J connectivity index is 1.56. The highest BCUT2D eigenvalue weighted by Gasteiger charge is 2.26. The minimum Gasteiger partial charge on any atom is -0.337 e. The minimum atomic E-state index is -0.228. The molecule has 4 nitrogen and oxygen atoms in total. The summed E-state index contributed by atoms with van der Waals surface area (Å²) in [4.78, 5) is 15.2. The maximum atomic E-state index is 13.3. The number of amides is 1. The van der Waals surface area contributed by atoms with E-state index in [1.807, 2.05) is 60.5 Å². The Bertz CT molecular complexity index is 950. The molecule has 0 N–H and O–H groups in total. The molecule has 1 aliphatic rings. The van der Waals surface area contributed by atoms with Crippen molar-refractivity contribution in [3.8, 4) is 11.3 Å². The van der Waals surface area contributed by atoms with E-state index in [0.29, 0.717) is 12.2 Å². The molecule has 0 saturated carbocycles. The van der Waals surface area contributed by atoms with Gasteiger partial charge in [0.25, 0.3) is 5.91 Å². The second-order valence-electron chi connectivity index (χ2n) is 7.40. The number of hydrogen-bond acceptors (Lipinski definition) is 2. The highest BCUT2D eigenvalue weighted by Crippen LogP contribution is 2.28. The van der Waals surface area contributed by atoms with Crippen LogP contribution in [0.3, 0.4) is 0 Å². The van der Waals surface area contributed by atoms with Crippen LogP contribution in [0.15, 0.2) is 60.7 Å². The molecular weight excluding hydrogens is 353 g/mol. The molecule has 0 radical (unpaired) electrons. The maximum absolute atomic E-state index is 13.3. The number of carbonyl (C=O) groups excluding carboxylic acids is 1. The number of aryl methyl sites for hydroxylation is 1. The van der Waals surface area contributed by atoms with E-state index >= 15 is 0 Å². The predicted octanol–water partition coefficient (Wildman–Crippen LogP) is 4.64. The topological polar surface area (TPSA) is 38.1 Å². The molecule has 28 heavy (non-hydrogen) atoms. The number of carbonyl (C=O) groups is 1. The van der Waals surface area contributed by atoms with Crippen LogP contribution in [0, 0.1) is 5.82 Å². The van der Waals surface area contributed by atoms with Gasteiger partial charge in [0.05, 0.1) is 5.69 Å². The minimum absolute atomic E-state index is 0.00573. The van der Waals surface area contributed by atoms with E-state index in [4.69, 9.17) is 0 Å². The first-order valence-corrected chi connectivity index (χ1v) is 9.76. The van der Waals surface area contributed by atoms with Crippen LogP contribution in [-0.4, -0.2) is 33.7 Å². The van der Waals surface area contributed by atoms with Gasteiger partial charge in [-0.15, -0.1) is 0 Å². The van der Waals surface area contributed by atoms with E-state index in [1.165, 1.54) is 12.1 Å². The molecule has 1 atom stereocenters. The lowest BCUT2D eigenvalue weighted by Gasteiger charge is -2.24. The Morgan fingerprint density at radius 1 is 1.07 bits per heavy atom. The van der Waals surface area contributed by atoms with Crippen molar-refractivity contribution in [3.05, 3.63) is 77.7 Å². The van der Waals surface area contributed by atoms with E-state index in [0.717, 1.165) is 42.6 Å². The first-order valence-electron chi connectivity index (χ1n) is 9.76. The molecule has 5 heteroatoms. The van der Waals surface area contributed by atoms with Crippen LogP contribution in [0.25, 0.3) is 11.3 Å². The summed E-state index contributed by atoms with van der Waals surface area (Å²) in [5, 5.41) is 4.53. The monoisotopic (exact) mass is 377 g/mol. The fraction of sp³-hybridized carbons (Fsp3) is 0.304. The molecule has 1 aliphatic heterocycles. The molecule has 0 unspecified atom stereocenters. The molecule has 1 saturated heterocycles. The number of benzene rings is 2. The number of nitrogens with zero attached hydrogens (tertiary/aromatic N) is 3. The molecular formula is C23H24FN3O. The number of rotatable bonds is 3. The molecule has 0 bridgehead atoms. The van der Waals surface area contributed by atoms with E-state index in [2.05, 4.69) is 5.10 Å². The van der Waals surface area contributed by atoms with Gasteiger partial charge in [0.15, 0.2) is 0 Å². The fourth-order valence-electron chi connectivity index (χ4n) is 3.91. The predicted molar refractivity (Wildman–Crippen MR) is 108 cm³/mol. The van der Waals surface area contributed by atoms with Crippen molar-refractivity contribution in [1.29, 1.82) is 0 Å². The molecule has 0 aliphatic carbocycles. The van der Waals surface area contributed by atoms with Gasteiger partial charge in [-0.3, -0.25) is 9.48 Å². The highest BCUT2D eigenvalue weighted by molar-refractivity contribution is 5.93. The summed E-state index contributed by atoms with van der Waals surface area (Å²) in [5.41, 5.74) is 3.49. The van der Waals surface area contributed by atoms with Crippen molar-refractivity contribution >= 4 is 5.91 Å². The summed E-state index contributed by atoms with van der Waals surface area (Å²) < 4.78 is 14.9. The molecule has 2 heterocycles. The molecule has 1 aromatic heterocycles. The van der Waals surface area contributed by atoms with E-state index in [-0.39, 0.29) is 17.6 Å². The molecule has 1 amide bonds. The number of aromatic nitrogens is 2. The van der Waals surface area contributed by atoms with E-state index < -0.39 is 0 Å². The standard InChI is InChI=1S/C23H24FN3O/c1-26-22(15-21(25-26)18-7-3-2-4-8-18)23(28)27-14-6-5-9-19(16-27)17-10-12-20(24)13-11-17/h2-4,7-8,10-13,15,19H,5-6,9,14,16H2,1H3/t19-/m0/s1. The van der Waals surface area contributed by atoms with Crippen LogP contribution in [0.2, 0.25) is 0 Å². The van der Waals surface area contributed by atoms with Crippen molar-refractivity contribution in [2.75, 3.05) is 13.1 Å². The average Bonchev–Trinajstić information content (AvgIpc) is 2.95. The third kappa shape index (κ3) is 3.84. The summed E-state index contributed by atoms with van der Waals surface area (Å²) >= 11 is 0.